The second-order valence-corrected chi connectivity index (χ2v) is 5.75. The minimum atomic E-state index is -4.46. The SMILES string of the molecule is Fc1ccc(C(F)(F)F)cc1CNC[C@H]1CCCn2ccnc21. The molecule has 1 aromatic heterocycles. The summed E-state index contributed by atoms with van der Waals surface area (Å²) in [5.41, 5.74) is -0.803. The number of imidazole rings is 1. The number of aryl methyl sites for hydroxylation is 1. The number of fused-ring (bicyclic) bond motifs is 1. The maximum absolute atomic E-state index is 13.7. The van der Waals surface area contributed by atoms with Crippen LogP contribution >= 0.6 is 0 Å². The summed E-state index contributed by atoms with van der Waals surface area (Å²) < 4.78 is 53.8. The molecule has 3 rings (SSSR count). The van der Waals surface area contributed by atoms with E-state index in [-0.39, 0.29) is 18.0 Å². The van der Waals surface area contributed by atoms with Gasteiger partial charge in [0.05, 0.1) is 5.56 Å². The Hall–Kier alpha value is -1.89. The van der Waals surface area contributed by atoms with Gasteiger partial charge in [-0.2, -0.15) is 13.2 Å². The third kappa shape index (κ3) is 3.55. The molecular formula is C16H17F4N3. The van der Waals surface area contributed by atoms with E-state index in [9.17, 15) is 17.6 Å². The van der Waals surface area contributed by atoms with Gasteiger partial charge in [0.25, 0.3) is 0 Å². The van der Waals surface area contributed by atoms with Crippen LogP contribution in [-0.4, -0.2) is 16.1 Å². The van der Waals surface area contributed by atoms with Crippen molar-refractivity contribution in [2.75, 3.05) is 6.54 Å². The fourth-order valence-corrected chi connectivity index (χ4v) is 2.97. The lowest BCUT2D eigenvalue weighted by atomic mass is 9.99. The van der Waals surface area contributed by atoms with Crippen molar-refractivity contribution in [3.63, 3.8) is 0 Å². The highest BCUT2D eigenvalue weighted by Crippen LogP contribution is 2.30. The average Bonchev–Trinajstić information content (AvgIpc) is 2.97. The van der Waals surface area contributed by atoms with Crippen LogP contribution in [0.4, 0.5) is 17.6 Å². The Morgan fingerprint density at radius 2 is 2.13 bits per heavy atom. The van der Waals surface area contributed by atoms with Crippen molar-refractivity contribution in [3.05, 3.63) is 53.4 Å². The zero-order valence-electron chi connectivity index (χ0n) is 12.4. The molecule has 0 saturated carbocycles. The van der Waals surface area contributed by atoms with Crippen LogP contribution in [0.5, 0.6) is 0 Å². The van der Waals surface area contributed by atoms with E-state index in [1.165, 1.54) is 0 Å². The number of aromatic nitrogens is 2. The number of hydrogen-bond acceptors (Lipinski definition) is 2. The topological polar surface area (TPSA) is 29.9 Å². The van der Waals surface area contributed by atoms with Gasteiger partial charge in [0, 0.05) is 43.5 Å². The number of benzene rings is 1. The second kappa shape index (κ2) is 6.31. The van der Waals surface area contributed by atoms with Crippen LogP contribution in [0.3, 0.4) is 0 Å². The number of hydrogen-bond donors (Lipinski definition) is 1. The van der Waals surface area contributed by atoms with E-state index in [1.807, 2.05) is 6.20 Å². The summed E-state index contributed by atoms with van der Waals surface area (Å²) in [5.74, 6) is 0.552. The summed E-state index contributed by atoms with van der Waals surface area (Å²) in [7, 11) is 0. The second-order valence-electron chi connectivity index (χ2n) is 5.75. The summed E-state index contributed by atoms with van der Waals surface area (Å²) in [6.45, 7) is 1.56. The molecule has 0 spiro atoms. The van der Waals surface area contributed by atoms with Crippen LogP contribution in [0.25, 0.3) is 0 Å². The predicted octanol–water partition coefficient (Wildman–Crippen LogP) is 3.71. The smallest absolute Gasteiger partial charge is 0.335 e. The molecule has 3 nitrogen and oxygen atoms in total. The van der Waals surface area contributed by atoms with E-state index < -0.39 is 17.6 Å². The average molecular weight is 327 g/mol. The van der Waals surface area contributed by atoms with Gasteiger partial charge in [0.1, 0.15) is 11.6 Å². The molecule has 0 bridgehead atoms. The number of nitrogens with one attached hydrogen (secondary N) is 1. The molecule has 7 heteroatoms. The van der Waals surface area contributed by atoms with Crippen LogP contribution in [0.15, 0.2) is 30.6 Å². The molecule has 1 atom stereocenters. The molecule has 0 aliphatic carbocycles. The van der Waals surface area contributed by atoms with Gasteiger partial charge < -0.3 is 9.88 Å². The Kier molecular flexibility index (Phi) is 4.39. The van der Waals surface area contributed by atoms with E-state index in [4.69, 9.17) is 0 Å². The molecule has 0 unspecified atom stereocenters. The molecule has 0 radical (unpaired) electrons. The van der Waals surface area contributed by atoms with Gasteiger partial charge in [-0.3, -0.25) is 0 Å². The summed E-state index contributed by atoms with van der Waals surface area (Å²) >= 11 is 0. The quantitative estimate of drug-likeness (QED) is 0.868. The van der Waals surface area contributed by atoms with Crippen LogP contribution in [0, 0.1) is 5.82 Å². The Balaban J connectivity index is 1.64. The highest BCUT2D eigenvalue weighted by molar-refractivity contribution is 5.27. The van der Waals surface area contributed by atoms with Crippen LogP contribution in [-0.2, 0) is 19.3 Å². The molecule has 2 heterocycles. The van der Waals surface area contributed by atoms with Crippen molar-refractivity contribution in [3.8, 4) is 0 Å². The van der Waals surface area contributed by atoms with Crippen molar-refractivity contribution >= 4 is 0 Å². The molecule has 0 saturated heterocycles. The molecule has 0 fully saturated rings. The first-order valence-electron chi connectivity index (χ1n) is 7.52. The monoisotopic (exact) mass is 327 g/mol. The van der Waals surface area contributed by atoms with Gasteiger partial charge in [0.2, 0.25) is 0 Å². The van der Waals surface area contributed by atoms with E-state index in [1.54, 1.807) is 6.20 Å². The molecule has 1 N–H and O–H groups in total. The molecule has 124 valence electrons. The fourth-order valence-electron chi connectivity index (χ4n) is 2.97. The van der Waals surface area contributed by atoms with Crippen molar-refractivity contribution in [1.29, 1.82) is 0 Å². The summed E-state index contributed by atoms with van der Waals surface area (Å²) in [6.07, 6.45) is 1.22. The maximum atomic E-state index is 13.7. The zero-order valence-corrected chi connectivity index (χ0v) is 12.4. The Morgan fingerprint density at radius 1 is 1.30 bits per heavy atom. The lowest BCUT2D eigenvalue weighted by Gasteiger charge is -2.23. The zero-order chi connectivity index (χ0) is 16.4. The third-order valence-corrected chi connectivity index (χ3v) is 4.14. The number of alkyl halides is 3. The van der Waals surface area contributed by atoms with Gasteiger partial charge in [-0.1, -0.05) is 0 Å². The lowest BCUT2D eigenvalue weighted by Crippen LogP contribution is -2.27. The molecule has 23 heavy (non-hydrogen) atoms. The standard InChI is InChI=1S/C16H17F4N3/c17-14-4-3-13(16(18,19)20)8-12(14)10-21-9-11-2-1-6-23-7-5-22-15(11)23/h3-5,7-8,11,21H,1-2,6,9-10H2/t11-/m1/s1. The summed E-state index contributed by atoms with van der Waals surface area (Å²) in [5, 5.41) is 3.06. The minimum absolute atomic E-state index is 0.0268. The van der Waals surface area contributed by atoms with E-state index in [0.29, 0.717) is 6.54 Å². The first-order valence-corrected chi connectivity index (χ1v) is 7.52. The highest BCUT2D eigenvalue weighted by Gasteiger charge is 2.31. The summed E-state index contributed by atoms with van der Waals surface area (Å²) in [4.78, 5) is 4.33. The van der Waals surface area contributed by atoms with Crippen LogP contribution in [0.1, 0.15) is 35.7 Å². The van der Waals surface area contributed by atoms with Gasteiger partial charge in [0.15, 0.2) is 0 Å². The summed E-state index contributed by atoms with van der Waals surface area (Å²) in [6, 6.07) is 2.49. The van der Waals surface area contributed by atoms with Crippen molar-refractivity contribution in [2.45, 2.75) is 38.0 Å². The van der Waals surface area contributed by atoms with E-state index >= 15 is 0 Å². The van der Waals surface area contributed by atoms with Crippen molar-refractivity contribution in [2.24, 2.45) is 0 Å². The number of rotatable bonds is 4. The van der Waals surface area contributed by atoms with Gasteiger partial charge in [-0.05, 0) is 31.0 Å². The minimum Gasteiger partial charge on any atom is -0.335 e. The van der Waals surface area contributed by atoms with E-state index in [0.717, 1.165) is 43.4 Å². The number of nitrogens with zero attached hydrogens (tertiary/aromatic N) is 2. The Bertz CT molecular complexity index is 678. The molecule has 0 amide bonds. The Labute approximate surface area is 131 Å². The lowest BCUT2D eigenvalue weighted by molar-refractivity contribution is -0.137. The largest absolute Gasteiger partial charge is 0.416 e. The third-order valence-electron chi connectivity index (χ3n) is 4.14. The first kappa shape index (κ1) is 16.0. The van der Waals surface area contributed by atoms with Crippen LogP contribution < -0.4 is 5.32 Å². The molecule has 1 aliphatic rings. The van der Waals surface area contributed by atoms with Gasteiger partial charge in [-0.15, -0.1) is 0 Å². The Morgan fingerprint density at radius 3 is 2.91 bits per heavy atom. The molecular weight excluding hydrogens is 310 g/mol. The fraction of sp³-hybridized carbons (Fsp3) is 0.438. The highest BCUT2D eigenvalue weighted by atomic mass is 19.4. The number of halogens is 4. The molecule has 1 aliphatic heterocycles. The van der Waals surface area contributed by atoms with Crippen molar-refractivity contribution < 1.29 is 17.6 Å². The van der Waals surface area contributed by atoms with Gasteiger partial charge in [-0.25, -0.2) is 9.37 Å². The predicted molar refractivity (Wildman–Crippen MR) is 77.3 cm³/mol. The first-order chi connectivity index (χ1) is 10.9. The molecule has 2 aromatic rings. The van der Waals surface area contributed by atoms with E-state index in [2.05, 4.69) is 14.9 Å². The van der Waals surface area contributed by atoms with Crippen molar-refractivity contribution in [1.82, 2.24) is 14.9 Å². The maximum Gasteiger partial charge on any atom is 0.416 e. The van der Waals surface area contributed by atoms with Gasteiger partial charge >= 0.3 is 6.18 Å². The normalized spacial score (nSPS) is 18.0. The molecule has 1 aromatic carbocycles. The van der Waals surface area contributed by atoms with Crippen LogP contribution in [0.2, 0.25) is 0 Å².